The minimum Gasteiger partial charge on any atom is -0.353 e. The van der Waals surface area contributed by atoms with E-state index in [9.17, 15) is 13.2 Å². The number of piperazine rings is 1. The van der Waals surface area contributed by atoms with Crippen molar-refractivity contribution in [3.8, 4) is 6.07 Å². The van der Waals surface area contributed by atoms with E-state index < -0.39 is 16.1 Å². The highest BCUT2D eigenvalue weighted by Crippen LogP contribution is 2.21. The molecule has 2 rings (SSSR count). The molecule has 0 aromatic carbocycles. The standard InChI is InChI=1S/C11H12N4O3S/c1-8-11(16)14-5-6-15(8)19(17,18)10-3-2-4-13-9(10)7-12/h2-4,8H,5-6H2,1H3,(H,14,16). The predicted octanol–water partition coefficient (Wildman–Crippen LogP) is -0.538. The summed E-state index contributed by atoms with van der Waals surface area (Å²) in [6.45, 7) is 1.94. The summed E-state index contributed by atoms with van der Waals surface area (Å²) in [5.41, 5.74) is -0.166. The Balaban J connectivity index is 2.48. The lowest BCUT2D eigenvalue weighted by Gasteiger charge is -2.31. The zero-order valence-electron chi connectivity index (χ0n) is 10.2. The second-order valence-electron chi connectivity index (χ2n) is 4.04. The number of nitrogens with one attached hydrogen (secondary N) is 1. The molecule has 1 N–H and O–H groups in total. The molecule has 2 heterocycles. The number of amides is 1. The van der Waals surface area contributed by atoms with Crippen LogP contribution in [0.5, 0.6) is 0 Å². The minimum absolute atomic E-state index is 0.166. The zero-order valence-corrected chi connectivity index (χ0v) is 11.0. The van der Waals surface area contributed by atoms with Crippen LogP contribution in [0.2, 0.25) is 0 Å². The smallest absolute Gasteiger partial charge is 0.246 e. The Bertz CT molecular complexity index is 650. The topological polar surface area (TPSA) is 103 Å². The largest absolute Gasteiger partial charge is 0.353 e. The van der Waals surface area contributed by atoms with Gasteiger partial charge in [0, 0.05) is 19.3 Å². The number of sulfonamides is 1. The third-order valence-corrected chi connectivity index (χ3v) is 4.91. The Labute approximate surface area is 110 Å². The summed E-state index contributed by atoms with van der Waals surface area (Å²) in [6.07, 6.45) is 1.35. The number of pyridine rings is 1. The summed E-state index contributed by atoms with van der Waals surface area (Å²) in [6, 6.07) is 3.72. The average molecular weight is 280 g/mol. The van der Waals surface area contributed by atoms with Crippen molar-refractivity contribution in [1.82, 2.24) is 14.6 Å². The number of carbonyl (C=O) groups is 1. The van der Waals surface area contributed by atoms with Crippen LogP contribution < -0.4 is 5.32 Å². The molecule has 7 nitrogen and oxygen atoms in total. The lowest BCUT2D eigenvalue weighted by Crippen LogP contribution is -2.55. The highest BCUT2D eigenvalue weighted by atomic mass is 32.2. The third kappa shape index (κ3) is 2.30. The lowest BCUT2D eigenvalue weighted by molar-refractivity contribution is -0.126. The first-order valence-corrected chi connectivity index (χ1v) is 7.07. The van der Waals surface area contributed by atoms with Crippen LogP contribution in [-0.2, 0) is 14.8 Å². The van der Waals surface area contributed by atoms with Gasteiger partial charge >= 0.3 is 0 Å². The van der Waals surface area contributed by atoms with Crippen molar-refractivity contribution in [2.75, 3.05) is 13.1 Å². The molecule has 100 valence electrons. The summed E-state index contributed by atoms with van der Waals surface area (Å²) in [5, 5.41) is 11.5. The van der Waals surface area contributed by atoms with E-state index >= 15 is 0 Å². The molecule has 1 aliphatic heterocycles. The second kappa shape index (κ2) is 4.95. The fourth-order valence-electron chi connectivity index (χ4n) is 1.90. The molecular formula is C11H12N4O3S. The van der Waals surface area contributed by atoms with Crippen molar-refractivity contribution < 1.29 is 13.2 Å². The summed E-state index contributed by atoms with van der Waals surface area (Å²) in [7, 11) is -3.90. The Morgan fingerprint density at radius 2 is 2.32 bits per heavy atom. The molecule has 1 fully saturated rings. The highest BCUT2D eigenvalue weighted by Gasteiger charge is 2.36. The molecule has 1 aromatic heterocycles. The van der Waals surface area contributed by atoms with Crippen LogP contribution >= 0.6 is 0 Å². The Morgan fingerprint density at radius 3 is 3.00 bits per heavy atom. The summed E-state index contributed by atoms with van der Waals surface area (Å²) in [4.78, 5) is 15.1. The zero-order chi connectivity index (χ0) is 14.0. The molecule has 0 spiro atoms. The van der Waals surface area contributed by atoms with Gasteiger partial charge in [0.25, 0.3) is 0 Å². The van der Waals surface area contributed by atoms with E-state index in [-0.39, 0.29) is 29.6 Å². The summed E-state index contributed by atoms with van der Waals surface area (Å²) < 4.78 is 26.0. The van der Waals surface area contributed by atoms with Gasteiger partial charge < -0.3 is 5.32 Å². The van der Waals surface area contributed by atoms with Crippen LogP contribution in [0.3, 0.4) is 0 Å². The second-order valence-corrected chi connectivity index (χ2v) is 5.90. The van der Waals surface area contributed by atoms with E-state index in [2.05, 4.69) is 10.3 Å². The van der Waals surface area contributed by atoms with Gasteiger partial charge in [-0.2, -0.15) is 9.57 Å². The number of hydrogen-bond acceptors (Lipinski definition) is 5. The molecule has 1 aliphatic rings. The van der Waals surface area contributed by atoms with Gasteiger partial charge in [-0.15, -0.1) is 0 Å². The molecular weight excluding hydrogens is 268 g/mol. The molecule has 1 amide bonds. The van der Waals surface area contributed by atoms with Crippen LogP contribution in [-0.4, -0.2) is 42.7 Å². The lowest BCUT2D eigenvalue weighted by atomic mass is 10.2. The Morgan fingerprint density at radius 1 is 1.58 bits per heavy atom. The first kappa shape index (κ1) is 13.5. The molecule has 19 heavy (non-hydrogen) atoms. The van der Waals surface area contributed by atoms with Crippen LogP contribution in [0.4, 0.5) is 0 Å². The number of nitrogens with zero attached hydrogens (tertiary/aromatic N) is 3. The van der Waals surface area contributed by atoms with Gasteiger partial charge in [0.15, 0.2) is 5.69 Å². The number of carbonyl (C=O) groups excluding carboxylic acids is 1. The predicted molar refractivity (Wildman–Crippen MR) is 65.3 cm³/mol. The van der Waals surface area contributed by atoms with Crippen LogP contribution in [0, 0.1) is 11.3 Å². The van der Waals surface area contributed by atoms with E-state index in [4.69, 9.17) is 5.26 Å². The normalized spacial score (nSPS) is 20.6. The molecule has 1 saturated heterocycles. The monoisotopic (exact) mass is 280 g/mol. The first-order valence-electron chi connectivity index (χ1n) is 5.63. The van der Waals surface area contributed by atoms with E-state index in [1.807, 2.05) is 0 Å². The number of hydrogen-bond donors (Lipinski definition) is 1. The number of nitriles is 1. The molecule has 1 unspecified atom stereocenters. The SMILES string of the molecule is CC1C(=O)NCCN1S(=O)(=O)c1cccnc1C#N. The molecule has 0 radical (unpaired) electrons. The average Bonchev–Trinajstić information content (AvgIpc) is 2.41. The third-order valence-electron chi connectivity index (χ3n) is 2.91. The maximum absolute atomic E-state index is 12.5. The van der Waals surface area contributed by atoms with Gasteiger partial charge in [-0.25, -0.2) is 13.4 Å². The van der Waals surface area contributed by atoms with Crippen molar-refractivity contribution >= 4 is 15.9 Å². The van der Waals surface area contributed by atoms with Crippen molar-refractivity contribution in [2.45, 2.75) is 17.9 Å². The fraction of sp³-hybridized carbons (Fsp3) is 0.364. The van der Waals surface area contributed by atoms with E-state index in [1.165, 1.54) is 25.3 Å². The maximum Gasteiger partial charge on any atom is 0.246 e. The first-order chi connectivity index (χ1) is 8.98. The van der Waals surface area contributed by atoms with Gasteiger partial charge in [0.05, 0.1) is 0 Å². The quantitative estimate of drug-likeness (QED) is 0.783. The molecule has 1 atom stereocenters. The highest BCUT2D eigenvalue weighted by molar-refractivity contribution is 7.89. The van der Waals surface area contributed by atoms with Gasteiger partial charge in [-0.3, -0.25) is 4.79 Å². The van der Waals surface area contributed by atoms with Crippen molar-refractivity contribution in [3.05, 3.63) is 24.0 Å². The molecule has 1 aromatic rings. The minimum atomic E-state index is -3.90. The number of aromatic nitrogens is 1. The Hall–Kier alpha value is -1.98. The molecule has 8 heteroatoms. The van der Waals surface area contributed by atoms with Gasteiger partial charge in [-0.1, -0.05) is 0 Å². The van der Waals surface area contributed by atoms with Crippen molar-refractivity contribution in [3.63, 3.8) is 0 Å². The molecule has 0 saturated carbocycles. The van der Waals surface area contributed by atoms with Crippen LogP contribution in [0.15, 0.2) is 23.2 Å². The maximum atomic E-state index is 12.5. The van der Waals surface area contributed by atoms with Crippen LogP contribution in [0.25, 0.3) is 0 Å². The fourth-order valence-corrected chi connectivity index (χ4v) is 3.59. The summed E-state index contributed by atoms with van der Waals surface area (Å²) >= 11 is 0. The van der Waals surface area contributed by atoms with Gasteiger partial charge in [0.1, 0.15) is 17.0 Å². The van der Waals surface area contributed by atoms with Crippen molar-refractivity contribution in [2.24, 2.45) is 0 Å². The van der Waals surface area contributed by atoms with Gasteiger partial charge in [0.2, 0.25) is 15.9 Å². The van der Waals surface area contributed by atoms with E-state index in [0.717, 1.165) is 4.31 Å². The molecule has 0 bridgehead atoms. The van der Waals surface area contributed by atoms with Gasteiger partial charge in [-0.05, 0) is 19.1 Å². The van der Waals surface area contributed by atoms with E-state index in [1.54, 1.807) is 6.07 Å². The molecule has 0 aliphatic carbocycles. The van der Waals surface area contributed by atoms with Crippen molar-refractivity contribution in [1.29, 1.82) is 5.26 Å². The van der Waals surface area contributed by atoms with E-state index in [0.29, 0.717) is 0 Å². The van der Waals surface area contributed by atoms with Crippen LogP contribution in [0.1, 0.15) is 12.6 Å². The number of rotatable bonds is 2. The summed E-state index contributed by atoms with van der Waals surface area (Å²) in [5.74, 6) is -0.350. The Kier molecular flexibility index (Phi) is 3.50.